The minimum atomic E-state index is -3.24. The van der Waals surface area contributed by atoms with Crippen LogP contribution >= 0.6 is 0 Å². The van der Waals surface area contributed by atoms with E-state index in [0.29, 0.717) is 13.1 Å². The van der Waals surface area contributed by atoms with Crippen molar-refractivity contribution >= 4 is 15.9 Å². The maximum Gasteiger partial charge on any atom is 0.246 e. The third-order valence-corrected chi connectivity index (χ3v) is 6.36. The molecule has 0 aromatic heterocycles. The van der Waals surface area contributed by atoms with Gasteiger partial charge in [-0.3, -0.25) is 4.79 Å². The van der Waals surface area contributed by atoms with Crippen LogP contribution in [0.5, 0.6) is 0 Å². The second-order valence-electron chi connectivity index (χ2n) is 7.81. The minimum Gasteiger partial charge on any atom is -0.339 e. The number of hydrogen-bond acceptors (Lipinski definition) is 3. The molecule has 1 rings (SSSR count). The fourth-order valence-electron chi connectivity index (χ4n) is 2.33. The summed E-state index contributed by atoms with van der Waals surface area (Å²) in [4.78, 5) is 14.3. The predicted octanol–water partition coefficient (Wildman–Crippen LogP) is 2.55. The van der Waals surface area contributed by atoms with Crippen LogP contribution in [0.25, 0.3) is 0 Å². The highest BCUT2D eigenvalue weighted by atomic mass is 32.2. The number of likely N-dealkylation sites (tertiary alicyclic amines) is 1. The number of piperidine rings is 1. The fraction of sp³-hybridized carbons (Fsp3) is 0.824. The van der Waals surface area contributed by atoms with E-state index in [-0.39, 0.29) is 17.2 Å². The number of nitrogens with one attached hydrogen (secondary N) is 1. The summed E-state index contributed by atoms with van der Waals surface area (Å²) < 4.78 is 26.4. The number of sulfonamides is 1. The van der Waals surface area contributed by atoms with Gasteiger partial charge in [-0.15, -0.1) is 0 Å². The van der Waals surface area contributed by atoms with Crippen LogP contribution < -0.4 is 4.72 Å². The molecular weight excluding hydrogens is 312 g/mol. The van der Waals surface area contributed by atoms with Gasteiger partial charge in [0.15, 0.2) is 0 Å². The zero-order chi connectivity index (χ0) is 17.8. The molecule has 0 spiro atoms. The van der Waals surface area contributed by atoms with Crippen LogP contribution in [0.3, 0.4) is 0 Å². The lowest BCUT2D eigenvalue weighted by Gasteiger charge is -2.33. The summed E-state index contributed by atoms with van der Waals surface area (Å²) >= 11 is 0. The molecule has 1 heterocycles. The Kier molecular flexibility index (Phi) is 6.83. The molecule has 1 aliphatic heterocycles. The van der Waals surface area contributed by atoms with E-state index < -0.39 is 15.3 Å². The molecule has 0 aromatic carbocycles. The van der Waals surface area contributed by atoms with Crippen molar-refractivity contribution in [3.8, 4) is 0 Å². The van der Waals surface area contributed by atoms with E-state index in [1.165, 1.54) is 0 Å². The molecule has 134 valence electrons. The number of nitrogens with zero attached hydrogens (tertiary/aromatic N) is 1. The summed E-state index contributed by atoms with van der Waals surface area (Å²) in [5.41, 5.74) is 1.04. The quantitative estimate of drug-likeness (QED) is 0.780. The van der Waals surface area contributed by atoms with E-state index in [0.717, 1.165) is 25.0 Å². The van der Waals surface area contributed by atoms with Gasteiger partial charge < -0.3 is 4.90 Å². The molecule has 1 fully saturated rings. The molecule has 0 aromatic rings. The first kappa shape index (κ1) is 20.2. The van der Waals surface area contributed by atoms with Crippen molar-refractivity contribution < 1.29 is 13.2 Å². The lowest BCUT2D eigenvalue weighted by molar-refractivity contribution is -0.127. The normalized spacial score (nSPS) is 20.9. The van der Waals surface area contributed by atoms with Crippen LogP contribution in [0.2, 0.25) is 0 Å². The first-order valence-electron chi connectivity index (χ1n) is 8.39. The van der Waals surface area contributed by atoms with Crippen LogP contribution in [0.1, 0.15) is 54.4 Å². The number of allylic oxidation sites excluding steroid dienone is 1. The summed E-state index contributed by atoms with van der Waals surface area (Å²) in [5.74, 6) is 0.221. The van der Waals surface area contributed by atoms with E-state index in [1.807, 2.05) is 11.8 Å². The monoisotopic (exact) mass is 344 g/mol. The molecule has 1 unspecified atom stereocenters. The van der Waals surface area contributed by atoms with Crippen molar-refractivity contribution in [3.63, 3.8) is 0 Å². The van der Waals surface area contributed by atoms with Gasteiger partial charge in [0.05, 0.1) is 5.25 Å². The average Bonchev–Trinajstić information content (AvgIpc) is 2.44. The Bertz CT molecular complexity index is 545. The SMILES string of the molecule is C/C(=C\C(=O)N1CCCC(CNS(=O)(=O)C(C)C)C1)C(C)(C)C. The lowest BCUT2D eigenvalue weighted by Crippen LogP contribution is -2.44. The van der Waals surface area contributed by atoms with E-state index in [4.69, 9.17) is 0 Å². The standard InChI is InChI=1S/C17H32N2O3S/c1-13(2)23(21,22)18-11-15-8-7-9-19(12-15)16(20)10-14(3)17(4,5)6/h10,13,15,18H,7-9,11-12H2,1-6H3/b14-10+. The first-order valence-corrected chi connectivity index (χ1v) is 9.94. The van der Waals surface area contributed by atoms with Gasteiger partial charge in [0, 0.05) is 25.7 Å². The van der Waals surface area contributed by atoms with Gasteiger partial charge in [0.2, 0.25) is 15.9 Å². The van der Waals surface area contributed by atoms with Gasteiger partial charge >= 0.3 is 0 Å². The molecule has 6 heteroatoms. The summed E-state index contributed by atoms with van der Waals surface area (Å²) in [5, 5.41) is -0.429. The van der Waals surface area contributed by atoms with Crippen molar-refractivity contribution in [2.24, 2.45) is 11.3 Å². The van der Waals surface area contributed by atoms with E-state index >= 15 is 0 Å². The highest BCUT2D eigenvalue weighted by molar-refractivity contribution is 7.90. The van der Waals surface area contributed by atoms with Crippen molar-refractivity contribution in [2.75, 3.05) is 19.6 Å². The molecule has 1 saturated heterocycles. The zero-order valence-corrected chi connectivity index (χ0v) is 16.2. The Morgan fingerprint density at radius 1 is 1.35 bits per heavy atom. The molecule has 0 radical (unpaired) electrons. The molecule has 0 aliphatic carbocycles. The van der Waals surface area contributed by atoms with Gasteiger partial charge in [-0.25, -0.2) is 13.1 Å². The van der Waals surface area contributed by atoms with Gasteiger partial charge in [-0.1, -0.05) is 26.3 Å². The molecule has 1 amide bonds. The highest BCUT2D eigenvalue weighted by Crippen LogP contribution is 2.25. The van der Waals surface area contributed by atoms with Crippen molar-refractivity contribution in [1.29, 1.82) is 0 Å². The van der Waals surface area contributed by atoms with Crippen molar-refractivity contribution in [1.82, 2.24) is 9.62 Å². The fourth-order valence-corrected chi connectivity index (χ4v) is 3.13. The Balaban J connectivity index is 2.63. The Hall–Kier alpha value is -0.880. The second-order valence-corrected chi connectivity index (χ2v) is 10.1. The van der Waals surface area contributed by atoms with E-state index in [1.54, 1.807) is 19.9 Å². The Labute approximate surface area is 141 Å². The van der Waals surface area contributed by atoms with E-state index in [2.05, 4.69) is 25.5 Å². The zero-order valence-electron chi connectivity index (χ0n) is 15.3. The largest absolute Gasteiger partial charge is 0.339 e. The molecular formula is C17H32N2O3S. The molecule has 23 heavy (non-hydrogen) atoms. The number of hydrogen-bond donors (Lipinski definition) is 1. The Morgan fingerprint density at radius 3 is 2.48 bits per heavy atom. The third-order valence-electron chi connectivity index (χ3n) is 4.55. The second kappa shape index (κ2) is 7.79. The maximum atomic E-state index is 12.4. The summed E-state index contributed by atoms with van der Waals surface area (Å²) in [6, 6.07) is 0. The number of carbonyl (C=O) groups is 1. The van der Waals surface area contributed by atoms with Crippen LogP contribution in [0.4, 0.5) is 0 Å². The predicted molar refractivity (Wildman–Crippen MR) is 94.6 cm³/mol. The molecule has 1 atom stereocenters. The molecule has 0 bridgehead atoms. The number of rotatable bonds is 5. The average molecular weight is 345 g/mol. The van der Waals surface area contributed by atoms with Crippen LogP contribution in [-0.2, 0) is 14.8 Å². The third kappa shape index (κ3) is 6.26. The molecule has 5 nitrogen and oxygen atoms in total. The van der Waals surface area contributed by atoms with Gasteiger partial charge in [-0.05, 0) is 44.9 Å². The topological polar surface area (TPSA) is 66.5 Å². The van der Waals surface area contributed by atoms with Crippen LogP contribution in [-0.4, -0.2) is 44.1 Å². The minimum absolute atomic E-state index is 0.0161. The Morgan fingerprint density at radius 2 is 1.96 bits per heavy atom. The molecule has 1 aliphatic rings. The number of carbonyl (C=O) groups excluding carboxylic acids is 1. The summed E-state index contributed by atoms with van der Waals surface area (Å²) in [6.07, 6.45) is 3.59. The number of amides is 1. The van der Waals surface area contributed by atoms with Gasteiger partial charge in [0.25, 0.3) is 0 Å². The molecule has 0 saturated carbocycles. The highest BCUT2D eigenvalue weighted by Gasteiger charge is 2.25. The van der Waals surface area contributed by atoms with Crippen LogP contribution in [0, 0.1) is 11.3 Å². The van der Waals surface area contributed by atoms with Crippen molar-refractivity contribution in [2.45, 2.75) is 59.6 Å². The molecule has 1 N–H and O–H groups in total. The lowest BCUT2D eigenvalue weighted by atomic mass is 9.87. The smallest absolute Gasteiger partial charge is 0.246 e. The summed E-state index contributed by atoms with van der Waals surface area (Å²) in [6.45, 7) is 13.4. The first-order chi connectivity index (χ1) is 10.4. The van der Waals surface area contributed by atoms with E-state index in [9.17, 15) is 13.2 Å². The van der Waals surface area contributed by atoms with Crippen molar-refractivity contribution in [3.05, 3.63) is 11.6 Å². The maximum absolute atomic E-state index is 12.4. The van der Waals surface area contributed by atoms with Gasteiger partial charge in [0.1, 0.15) is 0 Å². The summed E-state index contributed by atoms with van der Waals surface area (Å²) in [7, 11) is -3.24. The van der Waals surface area contributed by atoms with Crippen LogP contribution in [0.15, 0.2) is 11.6 Å². The van der Waals surface area contributed by atoms with Gasteiger partial charge in [-0.2, -0.15) is 0 Å².